The minimum absolute atomic E-state index is 0.0411. The van der Waals surface area contributed by atoms with Crippen molar-refractivity contribution in [3.8, 4) is 34.3 Å². The number of halogens is 2. The Morgan fingerprint density at radius 1 is 0.868 bits per heavy atom. The number of aromatic nitrogens is 2. The monoisotopic (exact) mass is 523 g/mol. The molecule has 0 aliphatic carbocycles. The van der Waals surface area contributed by atoms with Crippen molar-refractivity contribution in [2.75, 3.05) is 18.5 Å². The van der Waals surface area contributed by atoms with Crippen LogP contribution in [-0.4, -0.2) is 35.9 Å². The van der Waals surface area contributed by atoms with Gasteiger partial charge in [-0.05, 0) is 86.1 Å². The first kappa shape index (κ1) is 26.5. The molecule has 0 aliphatic heterocycles. The highest BCUT2D eigenvalue weighted by molar-refractivity contribution is 6.03. The van der Waals surface area contributed by atoms with E-state index in [-0.39, 0.29) is 17.4 Å². The number of H-pyrrole nitrogens is 1. The van der Waals surface area contributed by atoms with E-state index in [2.05, 4.69) is 20.3 Å². The van der Waals surface area contributed by atoms with Gasteiger partial charge >= 0.3 is 6.61 Å². The summed E-state index contributed by atoms with van der Waals surface area (Å²) in [5, 5.41) is 9.61. The van der Waals surface area contributed by atoms with Crippen LogP contribution in [0, 0.1) is 0 Å². The topological polar surface area (TPSA) is 94.7 Å². The van der Waals surface area contributed by atoms with Gasteiger partial charge in [0.25, 0.3) is 5.91 Å². The van der Waals surface area contributed by atoms with Gasteiger partial charge in [-0.1, -0.05) is 6.07 Å². The third-order valence-electron chi connectivity index (χ3n) is 5.32. The van der Waals surface area contributed by atoms with Crippen LogP contribution in [0.5, 0.6) is 23.0 Å². The molecule has 0 aliphatic rings. The second kappa shape index (κ2) is 12.6. The fourth-order valence-electron chi connectivity index (χ4n) is 3.58. The zero-order valence-corrected chi connectivity index (χ0v) is 20.9. The van der Waals surface area contributed by atoms with Gasteiger partial charge in [0.05, 0.1) is 18.9 Å². The number of hydrogen-bond donors (Lipinski definition) is 2. The van der Waals surface area contributed by atoms with Gasteiger partial charge in [-0.2, -0.15) is 13.9 Å². The first-order valence-electron chi connectivity index (χ1n) is 12.0. The van der Waals surface area contributed by atoms with Gasteiger partial charge in [0.1, 0.15) is 23.8 Å². The van der Waals surface area contributed by atoms with Crippen molar-refractivity contribution in [1.29, 1.82) is 0 Å². The molecule has 1 amide bonds. The zero-order valence-electron chi connectivity index (χ0n) is 20.9. The van der Waals surface area contributed by atoms with E-state index >= 15 is 0 Å². The molecule has 1 aromatic heterocycles. The Morgan fingerprint density at radius 3 is 2.24 bits per heavy atom. The molecule has 0 unspecified atom stereocenters. The van der Waals surface area contributed by atoms with E-state index in [9.17, 15) is 13.6 Å². The van der Waals surface area contributed by atoms with E-state index in [1.807, 2.05) is 32.0 Å². The first-order chi connectivity index (χ1) is 18.4. The fourth-order valence-corrected chi connectivity index (χ4v) is 3.58. The number of anilines is 1. The van der Waals surface area contributed by atoms with Gasteiger partial charge in [0.2, 0.25) is 0 Å². The number of alkyl halides is 2. The molecule has 4 rings (SSSR count). The maximum atomic E-state index is 12.6. The largest absolute Gasteiger partial charge is 0.490 e. The van der Waals surface area contributed by atoms with Crippen molar-refractivity contribution >= 4 is 11.6 Å². The average molecular weight is 524 g/mol. The highest BCUT2D eigenvalue weighted by atomic mass is 19.3. The lowest BCUT2D eigenvalue weighted by molar-refractivity contribution is -0.0498. The number of benzene rings is 3. The number of ether oxygens (including phenoxy) is 4. The van der Waals surface area contributed by atoms with Crippen LogP contribution in [0.15, 0.2) is 72.8 Å². The van der Waals surface area contributed by atoms with Crippen molar-refractivity contribution < 1.29 is 32.5 Å². The molecule has 2 N–H and O–H groups in total. The van der Waals surface area contributed by atoms with E-state index < -0.39 is 6.61 Å². The molecule has 38 heavy (non-hydrogen) atoms. The van der Waals surface area contributed by atoms with Crippen LogP contribution < -0.4 is 24.3 Å². The van der Waals surface area contributed by atoms with Crippen LogP contribution in [-0.2, 0) is 6.61 Å². The van der Waals surface area contributed by atoms with Gasteiger partial charge in [0, 0.05) is 11.3 Å². The zero-order chi connectivity index (χ0) is 26.9. The molecule has 3 aromatic carbocycles. The molecule has 0 saturated carbocycles. The van der Waals surface area contributed by atoms with E-state index in [0.29, 0.717) is 54.0 Å². The highest BCUT2D eigenvalue weighted by Gasteiger charge is 2.13. The molecule has 10 heteroatoms. The van der Waals surface area contributed by atoms with Crippen LogP contribution >= 0.6 is 0 Å². The number of carbonyl (C=O) groups excluding carboxylic acids is 1. The van der Waals surface area contributed by atoms with Crippen LogP contribution in [0.25, 0.3) is 11.3 Å². The molecular weight excluding hydrogens is 496 g/mol. The average Bonchev–Trinajstić information content (AvgIpc) is 3.41. The summed E-state index contributed by atoms with van der Waals surface area (Å²) >= 11 is 0. The Kier molecular flexibility index (Phi) is 8.76. The van der Waals surface area contributed by atoms with Crippen LogP contribution in [0.1, 0.15) is 29.9 Å². The van der Waals surface area contributed by atoms with Crippen LogP contribution in [0.2, 0.25) is 0 Å². The second-order valence-corrected chi connectivity index (χ2v) is 7.98. The standard InChI is InChI=1S/C28H27F2N3O5/c1-3-35-25-14-5-18(15-26(25)36-4-2)17-37-21-12-8-20(9-13-21)31-27(34)24-16-23(32-33-24)19-6-10-22(11-7-19)38-28(29)30/h5-16,28H,3-4,17H2,1-2H3,(H,31,34)(H,32,33). The van der Waals surface area contributed by atoms with Gasteiger partial charge in [0.15, 0.2) is 11.5 Å². The van der Waals surface area contributed by atoms with Gasteiger partial charge in [-0.25, -0.2) is 0 Å². The molecule has 198 valence electrons. The molecule has 4 aromatic rings. The lowest BCUT2D eigenvalue weighted by Crippen LogP contribution is -2.12. The van der Waals surface area contributed by atoms with Crippen LogP contribution in [0.3, 0.4) is 0 Å². The predicted molar refractivity (Wildman–Crippen MR) is 138 cm³/mol. The third kappa shape index (κ3) is 7.00. The van der Waals surface area contributed by atoms with Gasteiger partial charge < -0.3 is 24.3 Å². The SMILES string of the molecule is CCOc1ccc(COc2ccc(NC(=O)c3cc(-c4ccc(OC(F)F)cc4)n[nH]3)cc2)cc1OCC. The molecule has 0 atom stereocenters. The number of hydrogen-bond acceptors (Lipinski definition) is 6. The molecular formula is C28H27F2N3O5. The summed E-state index contributed by atoms with van der Waals surface area (Å²) in [6, 6.07) is 20.2. The van der Waals surface area contributed by atoms with E-state index in [1.165, 1.54) is 12.1 Å². The maximum absolute atomic E-state index is 12.6. The summed E-state index contributed by atoms with van der Waals surface area (Å²) in [5.74, 6) is 1.67. The summed E-state index contributed by atoms with van der Waals surface area (Å²) in [4.78, 5) is 12.6. The Balaban J connectivity index is 1.32. The highest BCUT2D eigenvalue weighted by Crippen LogP contribution is 2.29. The molecule has 1 heterocycles. The third-order valence-corrected chi connectivity index (χ3v) is 5.32. The molecule has 0 fully saturated rings. The summed E-state index contributed by atoms with van der Waals surface area (Å²) in [7, 11) is 0. The van der Waals surface area contributed by atoms with Crippen molar-refractivity contribution in [3.63, 3.8) is 0 Å². The quantitative estimate of drug-likeness (QED) is 0.226. The normalized spacial score (nSPS) is 10.8. The minimum Gasteiger partial charge on any atom is -0.490 e. The molecule has 8 nitrogen and oxygen atoms in total. The van der Waals surface area contributed by atoms with Crippen molar-refractivity contribution in [2.45, 2.75) is 27.1 Å². The maximum Gasteiger partial charge on any atom is 0.387 e. The Labute approximate surface area is 218 Å². The summed E-state index contributed by atoms with van der Waals surface area (Å²) in [6.45, 7) is 2.36. The summed E-state index contributed by atoms with van der Waals surface area (Å²) in [5.41, 5.74) is 2.88. The van der Waals surface area contributed by atoms with Crippen molar-refractivity contribution in [1.82, 2.24) is 10.2 Å². The summed E-state index contributed by atoms with van der Waals surface area (Å²) < 4.78 is 46.1. The smallest absolute Gasteiger partial charge is 0.387 e. The van der Waals surface area contributed by atoms with Gasteiger partial charge in [-0.3, -0.25) is 9.89 Å². The van der Waals surface area contributed by atoms with E-state index in [0.717, 1.165) is 5.56 Å². The lowest BCUT2D eigenvalue weighted by atomic mass is 10.1. The Morgan fingerprint density at radius 2 is 1.55 bits per heavy atom. The number of amides is 1. The molecule has 0 saturated heterocycles. The fraction of sp³-hybridized carbons (Fsp3) is 0.214. The molecule has 0 bridgehead atoms. The predicted octanol–water partition coefficient (Wildman–Crippen LogP) is 6.31. The van der Waals surface area contributed by atoms with E-state index in [1.54, 1.807) is 42.5 Å². The number of rotatable bonds is 12. The summed E-state index contributed by atoms with van der Waals surface area (Å²) in [6.07, 6.45) is 0. The number of nitrogens with one attached hydrogen (secondary N) is 2. The van der Waals surface area contributed by atoms with Crippen LogP contribution in [0.4, 0.5) is 14.5 Å². The van der Waals surface area contributed by atoms with Crippen molar-refractivity contribution in [3.05, 3.63) is 84.1 Å². The minimum atomic E-state index is -2.89. The number of carbonyl (C=O) groups is 1. The number of nitrogens with zero attached hydrogens (tertiary/aromatic N) is 1. The molecule has 0 radical (unpaired) electrons. The Hall–Kier alpha value is -4.60. The Bertz CT molecular complexity index is 1340. The molecule has 0 spiro atoms. The lowest BCUT2D eigenvalue weighted by Gasteiger charge is -2.13. The van der Waals surface area contributed by atoms with E-state index in [4.69, 9.17) is 14.2 Å². The second-order valence-electron chi connectivity index (χ2n) is 7.98. The van der Waals surface area contributed by atoms with Crippen molar-refractivity contribution in [2.24, 2.45) is 0 Å². The van der Waals surface area contributed by atoms with Gasteiger partial charge in [-0.15, -0.1) is 0 Å². The first-order valence-corrected chi connectivity index (χ1v) is 12.0. The number of aromatic amines is 1.